The number of ether oxygens (including phenoxy) is 2. The molecule has 0 aromatic heterocycles. The first-order valence-corrected chi connectivity index (χ1v) is 10.9. The first-order chi connectivity index (χ1) is 14.6. The van der Waals surface area contributed by atoms with Crippen molar-refractivity contribution in [2.45, 2.75) is 31.2 Å². The van der Waals surface area contributed by atoms with E-state index < -0.39 is 27.9 Å². The van der Waals surface area contributed by atoms with E-state index in [1.165, 1.54) is 18.2 Å². The molecule has 0 radical (unpaired) electrons. The zero-order valence-corrected chi connectivity index (χ0v) is 18.4. The molecule has 2 aromatic carbocycles. The molecular formula is C21H24N2O7S. The van der Waals surface area contributed by atoms with Crippen molar-refractivity contribution in [3.05, 3.63) is 59.2 Å². The second kappa shape index (κ2) is 10.1. The lowest BCUT2D eigenvalue weighted by molar-refractivity contribution is 0.0598. The van der Waals surface area contributed by atoms with Crippen LogP contribution in [0.1, 0.15) is 51.3 Å². The average molecular weight is 448 g/mol. The largest absolute Gasteiger partial charge is 0.465 e. The Hall–Kier alpha value is -3.40. The van der Waals surface area contributed by atoms with Gasteiger partial charge in [-0.2, -0.15) is 0 Å². The lowest BCUT2D eigenvalue weighted by atomic mass is 10.1. The molecule has 2 N–H and O–H groups in total. The van der Waals surface area contributed by atoms with Crippen molar-refractivity contribution >= 4 is 33.6 Å². The van der Waals surface area contributed by atoms with Gasteiger partial charge < -0.3 is 14.8 Å². The predicted molar refractivity (Wildman–Crippen MR) is 114 cm³/mol. The number of benzene rings is 2. The Morgan fingerprint density at radius 1 is 0.968 bits per heavy atom. The summed E-state index contributed by atoms with van der Waals surface area (Å²) in [5, 5.41) is 2.78. The molecule has 0 saturated carbocycles. The van der Waals surface area contributed by atoms with E-state index >= 15 is 0 Å². The molecule has 10 heteroatoms. The van der Waals surface area contributed by atoms with Crippen LogP contribution in [0.25, 0.3) is 0 Å². The van der Waals surface area contributed by atoms with E-state index in [9.17, 15) is 22.8 Å². The Bertz CT molecular complexity index is 1060. The second-order valence-corrected chi connectivity index (χ2v) is 8.35. The molecule has 31 heavy (non-hydrogen) atoms. The Morgan fingerprint density at radius 3 is 2.03 bits per heavy atom. The maximum absolute atomic E-state index is 13.0. The van der Waals surface area contributed by atoms with Crippen LogP contribution in [0.3, 0.4) is 0 Å². The van der Waals surface area contributed by atoms with Crippen LogP contribution in [-0.4, -0.2) is 46.5 Å². The molecule has 2 rings (SSSR count). The van der Waals surface area contributed by atoms with Crippen LogP contribution >= 0.6 is 0 Å². The predicted octanol–water partition coefficient (Wildman–Crippen LogP) is 2.59. The molecule has 1 amide bonds. The van der Waals surface area contributed by atoms with Gasteiger partial charge in [-0.1, -0.05) is 19.1 Å². The molecule has 0 bridgehead atoms. The number of carbonyl (C=O) groups excluding carboxylic acids is 3. The maximum Gasteiger partial charge on any atom is 0.337 e. The molecule has 166 valence electrons. The number of esters is 2. The summed E-state index contributed by atoms with van der Waals surface area (Å²) >= 11 is 0. The molecule has 0 spiro atoms. The van der Waals surface area contributed by atoms with E-state index in [1.807, 2.05) is 13.8 Å². The summed E-state index contributed by atoms with van der Waals surface area (Å²) in [4.78, 5) is 36.1. The Morgan fingerprint density at radius 2 is 1.52 bits per heavy atom. The van der Waals surface area contributed by atoms with E-state index in [-0.39, 0.29) is 33.3 Å². The van der Waals surface area contributed by atoms with Gasteiger partial charge in [0.25, 0.3) is 15.9 Å². The fraction of sp³-hybridized carbons (Fsp3) is 0.286. The lowest BCUT2D eigenvalue weighted by Crippen LogP contribution is -2.32. The van der Waals surface area contributed by atoms with Gasteiger partial charge in [-0.15, -0.1) is 0 Å². The summed E-state index contributed by atoms with van der Waals surface area (Å²) < 4.78 is 37.7. The molecule has 0 aliphatic rings. The minimum atomic E-state index is -4.28. The average Bonchev–Trinajstić information content (AvgIpc) is 2.77. The quantitative estimate of drug-likeness (QED) is 0.594. The Balaban J connectivity index is 2.49. The summed E-state index contributed by atoms with van der Waals surface area (Å²) in [7, 11) is -2.02. The van der Waals surface area contributed by atoms with Gasteiger partial charge in [0, 0.05) is 6.04 Å². The second-order valence-electron chi connectivity index (χ2n) is 6.66. The number of para-hydroxylation sites is 1. The van der Waals surface area contributed by atoms with Gasteiger partial charge >= 0.3 is 11.9 Å². The van der Waals surface area contributed by atoms with Crippen molar-refractivity contribution in [1.82, 2.24) is 5.32 Å². The van der Waals surface area contributed by atoms with Gasteiger partial charge in [-0.3, -0.25) is 9.52 Å². The number of hydrogen-bond donors (Lipinski definition) is 2. The third-order valence-electron chi connectivity index (χ3n) is 4.46. The van der Waals surface area contributed by atoms with Crippen molar-refractivity contribution in [3.8, 4) is 0 Å². The molecule has 0 saturated heterocycles. The highest BCUT2D eigenvalue weighted by Crippen LogP contribution is 2.23. The summed E-state index contributed by atoms with van der Waals surface area (Å²) in [6.07, 6.45) is 0.705. The van der Waals surface area contributed by atoms with E-state index in [2.05, 4.69) is 19.5 Å². The molecule has 0 heterocycles. The van der Waals surface area contributed by atoms with Crippen LogP contribution in [0.15, 0.2) is 47.4 Å². The molecule has 9 nitrogen and oxygen atoms in total. The molecule has 1 atom stereocenters. The van der Waals surface area contributed by atoms with Crippen molar-refractivity contribution < 1.29 is 32.3 Å². The SMILES string of the molecule is CCC(C)NC(=O)c1ccccc1NS(=O)(=O)c1cc(C(=O)OC)cc(C(=O)OC)c1. The fourth-order valence-corrected chi connectivity index (χ4v) is 3.75. The molecular weight excluding hydrogens is 424 g/mol. The molecule has 0 aliphatic heterocycles. The highest BCUT2D eigenvalue weighted by molar-refractivity contribution is 7.92. The van der Waals surface area contributed by atoms with Gasteiger partial charge in [0.1, 0.15) is 0 Å². The van der Waals surface area contributed by atoms with Gasteiger partial charge in [0.15, 0.2) is 0 Å². The van der Waals surface area contributed by atoms with Crippen LogP contribution in [0.4, 0.5) is 5.69 Å². The van der Waals surface area contributed by atoms with Gasteiger partial charge in [0.05, 0.1) is 41.5 Å². The van der Waals surface area contributed by atoms with E-state index in [1.54, 1.807) is 12.1 Å². The molecule has 0 fully saturated rings. The molecule has 1 unspecified atom stereocenters. The third kappa shape index (κ3) is 5.82. The normalized spacial score (nSPS) is 11.9. The van der Waals surface area contributed by atoms with Crippen LogP contribution in [-0.2, 0) is 19.5 Å². The minimum Gasteiger partial charge on any atom is -0.465 e. The number of methoxy groups -OCH3 is 2. The fourth-order valence-electron chi connectivity index (χ4n) is 2.60. The van der Waals surface area contributed by atoms with Crippen molar-refractivity contribution in [3.63, 3.8) is 0 Å². The number of anilines is 1. The van der Waals surface area contributed by atoms with Gasteiger partial charge in [-0.25, -0.2) is 18.0 Å². The van der Waals surface area contributed by atoms with E-state index in [0.717, 1.165) is 26.4 Å². The molecule has 2 aromatic rings. The van der Waals surface area contributed by atoms with Crippen LogP contribution < -0.4 is 10.0 Å². The number of amides is 1. The van der Waals surface area contributed by atoms with Crippen molar-refractivity contribution in [1.29, 1.82) is 0 Å². The van der Waals surface area contributed by atoms with Crippen LogP contribution in [0, 0.1) is 0 Å². The van der Waals surface area contributed by atoms with Crippen molar-refractivity contribution in [2.24, 2.45) is 0 Å². The standard InChI is InChI=1S/C21H24N2O7S/c1-5-13(2)22-19(24)17-8-6-7-9-18(17)23-31(27,28)16-11-14(20(25)29-3)10-15(12-16)21(26)30-4/h6-13,23H,5H2,1-4H3,(H,22,24). The van der Waals surface area contributed by atoms with Crippen molar-refractivity contribution in [2.75, 3.05) is 18.9 Å². The zero-order valence-electron chi connectivity index (χ0n) is 17.6. The summed E-state index contributed by atoms with van der Waals surface area (Å²) in [6.45, 7) is 3.74. The topological polar surface area (TPSA) is 128 Å². The van der Waals surface area contributed by atoms with Gasteiger partial charge in [0.2, 0.25) is 0 Å². The van der Waals surface area contributed by atoms with E-state index in [0.29, 0.717) is 6.42 Å². The number of nitrogens with one attached hydrogen (secondary N) is 2. The molecule has 0 aliphatic carbocycles. The monoisotopic (exact) mass is 448 g/mol. The number of hydrogen-bond acceptors (Lipinski definition) is 7. The van der Waals surface area contributed by atoms with Crippen LogP contribution in [0.2, 0.25) is 0 Å². The maximum atomic E-state index is 13.0. The summed E-state index contributed by atoms with van der Waals surface area (Å²) in [5.41, 5.74) is -0.114. The zero-order chi connectivity index (χ0) is 23.2. The number of sulfonamides is 1. The third-order valence-corrected chi connectivity index (χ3v) is 5.81. The van der Waals surface area contributed by atoms with E-state index in [4.69, 9.17) is 0 Å². The first kappa shape index (κ1) is 23.9. The summed E-state index contributed by atoms with van der Waals surface area (Å²) in [6, 6.07) is 9.32. The van der Waals surface area contributed by atoms with Gasteiger partial charge in [-0.05, 0) is 43.7 Å². The lowest BCUT2D eigenvalue weighted by Gasteiger charge is -2.16. The number of rotatable bonds is 8. The highest BCUT2D eigenvalue weighted by atomic mass is 32.2. The smallest absolute Gasteiger partial charge is 0.337 e. The summed E-state index contributed by atoms with van der Waals surface area (Å²) in [5.74, 6) is -2.09. The minimum absolute atomic E-state index is 0.0476. The first-order valence-electron chi connectivity index (χ1n) is 9.37. The Labute approximate surface area is 180 Å². The number of carbonyl (C=O) groups is 3. The Kier molecular flexibility index (Phi) is 7.76. The highest BCUT2D eigenvalue weighted by Gasteiger charge is 2.23. The van der Waals surface area contributed by atoms with Crippen LogP contribution in [0.5, 0.6) is 0 Å².